The van der Waals surface area contributed by atoms with Gasteiger partial charge in [-0.15, -0.1) is 0 Å². The van der Waals surface area contributed by atoms with Crippen LogP contribution in [0.4, 0.5) is 17.5 Å². The zero-order valence-corrected chi connectivity index (χ0v) is 13.7. The van der Waals surface area contributed by atoms with Crippen LogP contribution in [0.1, 0.15) is 32.9 Å². The highest BCUT2D eigenvalue weighted by Crippen LogP contribution is 2.28. The van der Waals surface area contributed by atoms with Crippen molar-refractivity contribution in [1.29, 1.82) is 0 Å². The first kappa shape index (κ1) is 16.1. The Morgan fingerprint density at radius 3 is 2.68 bits per heavy atom. The van der Waals surface area contributed by atoms with Crippen molar-refractivity contribution in [2.45, 2.75) is 40.2 Å². The van der Waals surface area contributed by atoms with Crippen molar-refractivity contribution in [2.75, 3.05) is 17.2 Å². The van der Waals surface area contributed by atoms with Crippen LogP contribution in [0.25, 0.3) is 0 Å². The number of benzene rings is 1. The summed E-state index contributed by atoms with van der Waals surface area (Å²) in [5.41, 5.74) is 1.81. The molecule has 0 unspecified atom stereocenters. The van der Waals surface area contributed by atoms with Gasteiger partial charge in [0.15, 0.2) is 0 Å². The van der Waals surface area contributed by atoms with Crippen molar-refractivity contribution < 1.29 is 4.74 Å². The third-order valence-electron chi connectivity index (χ3n) is 2.90. The van der Waals surface area contributed by atoms with E-state index < -0.39 is 0 Å². The third-order valence-corrected chi connectivity index (χ3v) is 2.90. The molecule has 0 saturated carbocycles. The minimum Gasteiger partial charge on any atom is -0.489 e. The molecule has 2 aromatic rings. The smallest absolute Gasteiger partial charge is 0.224 e. The number of aromatic nitrogens is 2. The fourth-order valence-corrected chi connectivity index (χ4v) is 2.01. The van der Waals surface area contributed by atoms with E-state index in [0.29, 0.717) is 5.95 Å². The lowest BCUT2D eigenvalue weighted by atomic mass is 10.3. The van der Waals surface area contributed by atoms with Gasteiger partial charge in [-0.2, -0.15) is 4.98 Å². The van der Waals surface area contributed by atoms with Crippen molar-refractivity contribution in [3.63, 3.8) is 0 Å². The first-order chi connectivity index (χ1) is 10.6. The molecule has 0 aliphatic heterocycles. The molecular weight excluding hydrogens is 276 g/mol. The van der Waals surface area contributed by atoms with Gasteiger partial charge in [-0.1, -0.05) is 19.1 Å². The van der Waals surface area contributed by atoms with Gasteiger partial charge >= 0.3 is 0 Å². The summed E-state index contributed by atoms with van der Waals surface area (Å²) >= 11 is 0. The lowest BCUT2D eigenvalue weighted by molar-refractivity contribution is 0.244. The topological polar surface area (TPSA) is 59.1 Å². The summed E-state index contributed by atoms with van der Waals surface area (Å²) in [4.78, 5) is 8.89. The fraction of sp³-hybridized carbons (Fsp3) is 0.412. The Morgan fingerprint density at radius 2 is 1.95 bits per heavy atom. The van der Waals surface area contributed by atoms with Crippen LogP contribution in [0.3, 0.4) is 0 Å². The van der Waals surface area contributed by atoms with E-state index in [9.17, 15) is 0 Å². The van der Waals surface area contributed by atoms with Crippen molar-refractivity contribution in [3.05, 3.63) is 36.0 Å². The molecule has 1 aromatic heterocycles. The Bertz CT molecular complexity index is 613. The van der Waals surface area contributed by atoms with E-state index in [1.54, 1.807) is 0 Å². The number of nitrogens with zero attached hydrogens (tertiary/aromatic N) is 2. The zero-order chi connectivity index (χ0) is 15.9. The van der Waals surface area contributed by atoms with Gasteiger partial charge in [-0.25, -0.2) is 4.98 Å². The van der Waals surface area contributed by atoms with E-state index in [1.807, 2.05) is 51.1 Å². The molecule has 0 fully saturated rings. The largest absolute Gasteiger partial charge is 0.489 e. The average molecular weight is 300 g/mol. The molecule has 0 amide bonds. The Morgan fingerprint density at radius 1 is 1.18 bits per heavy atom. The zero-order valence-electron chi connectivity index (χ0n) is 13.7. The minimum atomic E-state index is 0.122. The Labute approximate surface area is 132 Å². The lowest BCUT2D eigenvalue weighted by Gasteiger charge is -2.15. The van der Waals surface area contributed by atoms with Crippen LogP contribution >= 0.6 is 0 Å². The van der Waals surface area contributed by atoms with Crippen molar-refractivity contribution in [1.82, 2.24) is 9.97 Å². The Balaban J connectivity index is 2.21. The molecular formula is C17H24N4O. The van der Waals surface area contributed by atoms with Gasteiger partial charge in [0.1, 0.15) is 11.6 Å². The molecule has 1 aromatic carbocycles. The van der Waals surface area contributed by atoms with Crippen molar-refractivity contribution in [2.24, 2.45) is 0 Å². The first-order valence-corrected chi connectivity index (χ1v) is 7.70. The molecule has 0 radical (unpaired) electrons. The van der Waals surface area contributed by atoms with E-state index >= 15 is 0 Å². The second kappa shape index (κ2) is 7.64. The SMILES string of the molecule is CCCNc1nc(C)cc(Nc2ccccc2OC(C)C)n1. The van der Waals surface area contributed by atoms with Gasteiger partial charge in [0.25, 0.3) is 0 Å². The van der Waals surface area contributed by atoms with E-state index in [2.05, 4.69) is 27.5 Å². The Kier molecular flexibility index (Phi) is 5.58. The lowest BCUT2D eigenvalue weighted by Crippen LogP contribution is -2.09. The number of ether oxygens (including phenoxy) is 1. The summed E-state index contributed by atoms with van der Waals surface area (Å²) < 4.78 is 5.82. The molecule has 0 saturated heterocycles. The van der Waals surface area contributed by atoms with Crippen LogP contribution in [0.2, 0.25) is 0 Å². The molecule has 5 nitrogen and oxygen atoms in total. The van der Waals surface area contributed by atoms with Gasteiger partial charge in [0.2, 0.25) is 5.95 Å². The summed E-state index contributed by atoms with van der Waals surface area (Å²) in [5.74, 6) is 2.22. The maximum atomic E-state index is 5.82. The van der Waals surface area contributed by atoms with Gasteiger partial charge in [-0.3, -0.25) is 0 Å². The van der Waals surface area contributed by atoms with Crippen LogP contribution in [0, 0.1) is 6.92 Å². The number of hydrogen-bond donors (Lipinski definition) is 2. The third kappa shape index (κ3) is 4.62. The summed E-state index contributed by atoms with van der Waals surface area (Å²) in [6.07, 6.45) is 1.15. The predicted molar refractivity (Wildman–Crippen MR) is 91.0 cm³/mol. The summed E-state index contributed by atoms with van der Waals surface area (Å²) in [7, 11) is 0. The summed E-state index contributed by atoms with van der Waals surface area (Å²) in [5, 5.41) is 6.53. The molecule has 0 aliphatic rings. The van der Waals surface area contributed by atoms with Crippen LogP contribution in [-0.2, 0) is 0 Å². The molecule has 2 N–H and O–H groups in total. The fourth-order valence-electron chi connectivity index (χ4n) is 2.01. The number of nitrogens with one attached hydrogen (secondary N) is 2. The molecule has 22 heavy (non-hydrogen) atoms. The monoisotopic (exact) mass is 300 g/mol. The summed E-state index contributed by atoms with van der Waals surface area (Å²) in [6, 6.07) is 9.78. The van der Waals surface area contributed by atoms with Crippen LogP contribution in [0.5, 0.6) is 5.75 Å². The molecule has 5 heteroatoms. The number of para-hydroxylation sites is 2. The van der Waals surface area contributed by atoms with E-state index in [0.717, 1.165) is 35.9 Å². The predicted octanol–water partition coefficient (Wildman–Crippen LogP) is 4.14. The Hall–Kier alpha value is -2.30. The standard InChI is InChI=1S/C17H24N4O/c1-5-10-18-17-19-13(4)11-16(21-17)20-14-8-6-7-9-15(14)22-12(2)3/h6-9,11-12H,5,10H2,1-4H3,(H2,18,19,20,21). The first-order valence-electron chi connectivity index (χ1n) is 7.70. The van der Waals surface area contributed by atoms with Crippen molar-refractivity contribution >= 4 is 17.5 Å². The molecule has 0 atom stereocenters. The van der Waals surface area contributed by atoms with Crippen LogP contribution < -0.4 is 15.4 Å². The van der Waals surface area contributed by atoms with E-state index in [4.69, 9.17) is 4.74 Å². The van der Waals surface area contributed by atoms with Gasteiger partial charge in [0.05, 0.1) is 11.8 Å². The number of aryl methyl sites for hydroxylation is 1. The molecule has 2 rings (SSSR count). The highest BCUT2D eigenvalue weighted by Gasteiger charge is 2.07. The van der Waals surface area contributed by atoms with Crippen molar-refractivity contribution in [3.8, 4) is 5.75 Å². The number of hydrogen-bond acceptors (Lipinski definition) is 5. The minimum absolute atomic E-state index is 0.122. The highest BCUT2D eigenvalue weighted by molar-refractivity contribution is 5.64. The van der Waals surface area contributed by atoms with Crippen LogP contribution in [-0.4, -0.2) is 22.6 Å². The van der Waals surface area contributed by atoms with Gasteiger partial charge in [-0.05, 0) is 39.3 Å². The number of anilines is 3. The van der Waals surface area contributed by atoms with Gasteiger partial charge in [0, 0.05) is 18.3 Å². The maximum Gasteiger partial charge on any atom is 0.224 e. The number of rotatable bonds is 7. The maximum absolute atomic E-state index is 5.82. The second-order valence-corrected chi connectivity index (χ2v) is 5.43. The molecule has 0 bridgehead atoms. The van der Waals surface area contributed by atoms with E-state index in [-0.39, 0.29) is 6.10 Å². The average Bonchev–Trinajstić information content (AvgIpc) is 2.46. The molecule has 0 aliphatic carbocycles. The van der Waals surface area contributed by atoms with Gasteiger partial charge < -0.3 is 15.4 Å². The quantitative estimate of drug-likeness (QED) is 0.805. The van der Waals surface area contributed by atoms with E-state index in [1.165, 1.54) is 0 Å². The normalized spacial score (nSPS) is 10.6. The molecule has 0 spiro atoms. The molecule has 118 valence electrons. The second-order valence-electron chi connectivity index (χ2n) is 5.43. The highest BCUT2D eigenvalue weighted by atomic mass is 16.5. The van der Waals surface area contributed by atoms with Crippen LogP contribution in [0.15, 0.2) is 30.3 Å². The molecule has 1 heterocycles. The summed E-state index contributed by atoms with van der Waals surface area (Å²) in [6.45, 7) is 8.95.